The zero-order valence-corrected chi connectivity index (χ0v) is 11.8. The second-order valence-corrected chi connectivity index (χ2v) is 5.09. The maximum absolute atomic E-state index is 5.78. The van der Waals surface area contributed by atoms with Crippen LogP contribution in [0.15, 0.2) is 4.90 Å². The summed E-state index contributed by atoms with van der Waals surface area (Å²) in [4.78, 5) is 9.08. The number of aromatic nitrogens is 2. The Morgan fingerprint density at radius 2 is 1.59 bits per heavy atom. The lowest BCUT2D eigenvalue weighted by molar-refractivity contribution is 0.116. The lowest BCUT2D eigenvalue weighted by Gasteiger charge is -2.22. The molecule has 1 aromatic rings. The number of thioether (sulfide) groups is 1. The Labute approximate surface area is 106 Å². The highest BCUT2D eigenvalue weighted by molar-refractivity contribution is 7.98. The van der Waals surface area contributed by atoms with E-state index in [1.165, 1.54) is 18.9 Å². The Bertz CT molecular complexity index is 391. The van der Waals surface area contributed by atoms with Crippen molar-refractivity contribution >= 4 is 11.8 Å². The van der Waals surface area contributed by atoms with Crippen LogP contribution in [0.25, 0.3) is 0 Å². The van der Waals surface area contributed by atoms with Crippen molar-refractivity contribution in [2.75, 3.05) is 20.5 Å². The second-order valence-electron chi connectivity index (χ2n) is 4.27. The molecule has 0 aliphatic carbocycles. The van der Waals surface area contributed by atoms with Gasteiger partial charge in [-0.1, -0.05) is 0 Å². The van der Waals surface area contributed by atoms with E-state index in [1.54, 1.807) is 7.11 Å². The molecule has 0 atom stereocenters. The Kier molecular flexibility index (Phi) is 4.45. The van der Waals surface area contributed by atoms with Crippen LogP contribution in [0, 0.1) is 0 Å². The van der Waals surface area contributed by atoms with Crippen LogP contribution in [0.1, 0.15) is 20.8 Å². The lowest BCUT2D eigenvalue weighted by Crippen LogP contribution is -2.24. The van der Waals surface area contributed by atoms with Gasteiger partial charge >= 0.3 is 6.01 Å². The molecule has 0 aliphatic heterocycles. The zero-order chi connectivity index (χ0) is 13.1. The molecule has 5 nitrogen and oxygen atoms in total. The molecule has 0 radical (unpaired) electrons. The highest BCUT2D eigenvalue weighted by Crippen LogP contribution is 2.36. The van der Waals surface area contributed by atoms with Crippen molar-refractivity contribution in [3.05, 3.63) is 0 Å². The van der Waals surface area contributed by atoms with Gasteiger partial charge in [-0.05, 0) is 27.0 Å². The quantitative estimate of drug-likeness (QED) is 0.773. The van der Waals surface area contributed by atoms with Crippen molar-refractivity contribution in [3.8, 4) is 17.8 Å². The normalized spacial score (nSPS) is 11.2. The van der Waals surface area contributed by atoms with Gasteiger partial charge in [-0.15, -0.1) is 11.8 Å². The minimum atomic E-state index is -0.338. The zero-order valence-electron chi connectivity index (χ0n) is 11.0. The molecule has 0 amide bonds. The standard InChI is InChI=1S/C11H18N2O3S/c1-11(2,3)16-9-7(17-6)8(14-4)12-10(13-9)15-5/h1-6H3. The molecule has 0 aromatic carbocycles. The highest BCUT2D eigenvalue weighted by Gasteiger charge is 2.21. The number of nitrogens with zero attached hydrogens (tertiary/aromatic N) is 2. The van der Waals surface area contributed by atoms with Crippen LogP contribution in [0.4, 0.5) is 0 Å². The number of methoxy groups -OCH3 is 2. The van der Waals surface area contributed by atoms with E-state index in [0.29, 0.717) is 11.8 Å². The Morgan fingerprint density at radius 3 is 2.00 bits per heavy atom. The van der Waals surface area contributed by atoms with Gasteiger partial charge in [0.25, 0.3) is 0 Å². The largest absolute Gasteiger partial charge is 0.480 e. The number of rotatable bonds is 4. The smallest absolute Gasteiger partial charge is 0.322 e. The summed E-state index contributed by atoms with van der Waals surface area (Å²) in [5, 5.41) is 0. The van der Waals surface area contributed by atoms with E-state index in [9.17, 15) is 0 Å². The molecule has 0 bridgehead atoms. The van der Waals surface area contributed by atoms with E-state index in [2.05, 4.69) is 9.97 Å². The van der Waals surface area contributed by atoms with Gasteiger partial charge in [-0.2, -0.15) is 9.97 Å². The molecule has 0 saturated heterocycles. The molecule has 0 fully saturated rings. The third-order valence-corrected chi connectivity index (χ3v) is 2.52. The lowest BCUT2D eigenvalue weighted by atomic mass is 10.2. The van der Waals surface area contributed by atoms with Crippen LogP contribution in [-0.4, -0.2) is 36.0 Å². The minimum absolute atomic E-state index is 0.235. The minimum Gasteiger partial charge on any atom is -0.480 e. The van der Waals surface area contributed by atoms with Crippen LogP contribution in [-0.2, 0) is 0 Å². The van der Waals surface area contributed by atoms with Gasteiger partial charge in [-0.3, -0.25) is 0 Å². The fraction of sp³-hybridized carbons (Fsp3) is 0.636. The molecule has 1 rings (SSSR count). The summed E-state index contributed by atoms with van der Waals surface area (Å²) >= 11 is 1.48. The molecule has 6 heteroatoms. The summed E-state index contributed by atoms with van der Waals surface area (Å²) < 4.78 is 16.0. The summed E-state index contributed by atoms with van der Waals surface area (Å²) in [7, 11) is 3.07. The maximum Gasteiger partial charge on any atom is 0.322 e. The average molecular weight is 258 g/mol. The van der Waals surface area contributed by atoms with Crippen molar-refractivity contribution in [1.82, 2.24) is 9.97 Å². The maximum atomic E-state index is 5.78. The van der Waals surface area contributed by atoms with E-state index < -0.39 is 0 Å². The number of ether oxygens (including phenoxy) is 3. The van der Waals surface area contributed by atoms with E-state index in [1.807, 2.05) is 27.0 Å². The fourth-order valence-corrected chi connectivity index (χ4v) is 1.72. The van der Waals surface area contributed by atoms with Gasteiger partial charge in [0.05, 0.1) is 14.2 Å². The predicted molar refractivity (Wildman–Crippen MR) is 67.3 cm³/mol. The van der Waals surface area contributed by atoms with Gasteiger partial charge in [-0.25, -0.2) is 0 Å². The van der Waals surface area contributed by atoms with Crippen molar-refractivity contribution in [1.29, 1.82) is 0 Å². The topological polar surface area (TPSA) is 53.5 Å². The highest BCUT2D eigenvalue weighted by atomic mass is 32.2. The van der Waals surface area contributed by atoms with Gasteiger partial charge in [0.1, 0.15) is 10.5 Å². The van der Waals surface area contributed by atoms with Crippen molar-refractivity contribution in [2.45, 2.75) is 31.3 Å². The third kappa shape index (κ3) is 3.66. The molecule has 0 saturated carbocycles. The Morgan fingerprint density at radius 1 is 1.00 bits per heavy atom. The fourth-order valence-electron chi connectivity index (χ4n) is 1.16. The molecule has 0 aliphatic rings. The number of hydrogen-bond acceptors (Lipinski definition) is 6. The molecule has 0 N–H and O–H groups in total. The van der Waals surface area contributed by atoms with Gasteiger partial charge < -0.3 is 14.2 Å². The summed E-state index contributed by atoms with van der Waals surface area (Å²) in [6.45, 7) is 5.87. The number of hydrogen-bond donors (Lipinski definition) is 0. The van der Waals surface area contributed by atoms with E-state index in [-0.39, 0.29) is 11.6 Å². The summed E-state index contributed by atoms with van der Waals surface area (Å²) in [5.74, 6) is 0.942. The first-order valence-electron chi connectivity index (χ1n) is 5.14. The van der Waals surface area contributed by atoms with E-state index >= 15 is 0 Å². The molecule has 0 unspecified atom stereocenters. The molecular weight excluding hydrogens is 240 g/mol. The van der Waals surface area contributed by atoms with Gasteiger partial charge in [0.15, 0.2) is 0 Å². The van der Waals surface area contributed by atoms with Crippen molar-refractivity contribution < 1.29 is 14.2 Å². The molecular formula is C11H18N2O3S. The predicted octanol–water partition coefficient (Wildman–Crippen LogP) is 2.39. The second kappa shape index (κ2) is 5.44. The van der Waals surface area contributed by atoms with Gasteiger partial charge in [0.2, 0.25) is 11.8 Å². The van der Waals surface area contributed by atoms with Crippen LogP contribution < -0.4 is 14.2 Å². The van der Waals surface area contributed by atoms with E-state index in [4.69, 9.17) is 14.2 Å². The van der Waals surface area contributed by atoms with Crippen LogP contribution in [0.3, 0.4) is 0 Å². The molecule has 17 heavy (non-hydrogen) atoms. The summed E-state index contributed by atoms with van der Waals surface area (Å²) in [5.41, 5.74) is -0.338. The molecule has 96 valence electrons. The van der Waals surface area contributed by atoms with Crippen LogP contribution in [0.5, 0.6) is 17.8 Å². The van der Waals surface area contributed by atoms with Gasteiger partial charge in [0, 0.05) is 0 Å². The van der Waals surface area contributed by atoms with Crippen molar-refractivity contribution in [3.63, 3.8) is 0 Å². The first-order chi connectivity index (χ1) is 7.91. The average Bonchev–Trinajstić information content (AvgIpc) is 2.25. The Hall–Kier alpha value is -1.17. The third-order valence-electron chi connectivity index (χ3n) is 1.77. The SMILES string of the molecule is COc1nc(OC)c(SC)c(OC(C)(C)C)n1. The molecule has 0 spiro atoms. The van der Waals surface area contributed by atoms with E-state index in [0.717, 1.165) is 4.90 Å². The molecule has 1 heterocycles. The first-order valence-corrected chi connectivity index (χ1v) is 6.36. The van der Waals surface area contributed by atoms with Crippen LogP contribution >= 0.6 is 11.8 Å². The first kappa shape index (κ1) is 13.9. The summed E-state index contributed by atoms with van der Waals surface area (Å²) in [6.07, 6.45) is 1.92. The molecule has 1 aromatic heterocycles. The Balaban J connectivity index is 3.24. The summed E-state index contributed by atoms with van der Waals surface area (Å²) in [6, 6.07) is 0.235. The van der Waals surface area contributed by atoms with Crippen LogP contribution in [0.2, 0.25) is 0 Å². The monoisotopic (exact) mass is 258 g/mol. The van der Waals surface area contributed by atoms with Crippen molar-refractivity contribution in [2.24, 2.45) is 0 Å².